The Hall–Kier alpha value is -2.83. The molecule has 1 saturated heterocycles. The number of carbonyl (C=O) groups is 1. The van der Waals surface area contributed by atoms with Crippen molar-refractivity contribution in [1.82, 2.24) is 9.97 Å². The molecule has 30 heavy (non-hydrogen) atoms. The lowest BCUT2D eigenvalue weighted by Crippen LogP contribution is -2.55. The lowest BCUT2D eigenvalue weighted by Gasteiger charge is -2.40. The summed E-state index contributed by atoms with van der Waals surface area (Å²) in [5.74, 6) is 0.0165. The maximum absolute atomic E-state index is 13.1. The molecule has 3 N–H and O–H groups in total. The monoisotopic (exact) mass is 404 g/mol. The van der Waals surface area contributed by atoms with Crippen LogP contribution in [0, 0.1) is 5.92 Å². The summed E-state index contributed by atoms with van der Waals surface area (Å²) in [6.45, 7) is 5.33. The van der Waals surface area contributed by atoms with E-state index < -0.39 is 6.10 Å². The summed E-state index contributed by atoms with van der Waals surface area (Å²) in [5, 5.41) is 11.2. The first-order valence-corrected chi connectivity index (χ1v) is 10.5. The third-order valence-electron chi connectivity index (χ3n) is 5.98. The van der Waals surface area contributed by atoms with Crippen molar-refractivity contribution in [3.05, 3.63) is 65.6 Å². The highest BCUT2D eigenvalue weighted by atomic mass is 16.3. The number of piperidine rings is 1. The van der Waals surface area contributed by atoms with Gasteiger partial charge in [0.25, 0.3) is 0 Å². The van der Waals surface area contributed by atoms with Crippen molar-refractivity contribution in [3.63, 3.8) is 0 Å². The van der Waals surface area contributed by atoms with Crippen molar-refractivity contribution in [2.24, 2.45) is 11.7 Å². The van der Waals surface area contributed by atoms with Gasteiger partial charge in [0.2, 0.25) is 0 Å². The van der Waals surface area contributed by atoms with E-state index in [0.717, 1.165) is 28.6 Å². The number of aliphatic hydroxyl groups excluding tert-OH is 1. The lowest BCUT2D eigenvalue weighted by molar-refractivity contribution is 0.0784. The second-order valence-corrected chi connectivity index (χ2v) is 8.22. The van der Waals surface area contributed by atoms with Crippen molar-refractivity contribution < 1.29 is 9.90 Å². The molecular formula is C24H28N4O2. The first kappa shape index (κ1) is 20.4. The van der Waals surface area contributed by atoms with Gasteiger partial charge in [0.1, 0.15) is 5.69 Å². The third-order valence-corrected chi connectivity index (χ3v) is 5.98. The molecule has 3 heterocycles. The number of aryl methyl sites for hydroxylation is 1. The van der Waals surface area contributed by atoms with Crippen LogP contribution in [0.25, 0.3) is 10.9 Å². The van der Waals surface area contributed by atoms with Crippen LogP contribution in [0.2, 0.25) is 0 Å². The topological polar surface area (TPSA) is 92.3 Å². The zero-order chi connectivity index (χ0) is 21.3. The largest absolute Gasteiger partial charge is 0.391 e. The van der Waals surface area contributed by atoms with Crippen molar-refractivity contribution in [2.45, 2.75) is 38.8 Å². The van der Waals surface area contributed by atoms with Crippen LogP contribution < -0.4 is 10.6 Å². The molecule has 3 atom stereocenters. The summed E-state index contributed by atoms with van der Waals surface area (Å²) in [4.78, 5) is 24.1. The fourth-order valence-corrected chi connectivity index (χ4v) is 4.18. The number of hydrogen-bond acceptors (Lipinski definition) is 6. The second-order valence-electron chi connectivity index (χ2n) is 8.22. The molecule has 4 rings (SSSR count). The Morgan fingerprint density at radius 2 is 2.03 bits per heavy atom. The van der Waals surface area contributed by atoms with Crippen molar-refractivity contribution in [3.8, 4) is 0 Å². The highest BCUT2D eigenvalue weighted by molar-refractivity contribution is 5.98. The molecule has 0 aliphatic carbocycles. The second kappa shape index (κ2) is 8.50. The van der Waals surface area contributed by atoms with Crippen molar-refractivity contribution in [1.29, 1.82) is 0 Å². The number of ketones is 1. The van der Waals surface area contributed by atoms with Gasteiger partial charge in [0.05, 0.1) is 11.6 Å². The van der Waals surface area contributed by atoms with Gasteiger partial charge in [-0.2, -0.15) is 0 Å². The number of fused-ring (bicyclic) bond motifs is 1. The number of hydrogen-bond donors (Lipinski definition) is 2. The average Bonchev–Trinajstić information content (AvgIpc) is 2.76. The molecule has 0 bridgehead atoms. The number of nitrogens with two attached hydrogens (primary N) is 1. The Morgan fingerprint density at radius 3 is 2.80 bits per heavy atom. The minimum absolute atomic E-state index is 0.0394. The Balaban J connectivity index is 1.59. The molecule has 0 amide bonds. The van der Waals surface area contributed by atoms with E-state index in [1.54, 1.807) is 18.5 Å². The molecule has 1 aliphatic heterocycles. The molecular weight excluding hydrogens is 376 g/mol. The number of aromatic nitrogens is 2. The van der Waals surface area contributed by atoms with Gasteiger partial charge in [0, 0.05) is 60.5 Å². The average molecular weight is 405 g/mol. The highest BCUT2D eigenvalue weighted by Gasteiger charge is 2.31. The van der Waals surface area contributed by atoms with Crippen LogP contribution in [-0.4, -0.2) is 46.1 Å². The van der Waals surface area contributed by atoms with Gasteiger partial charge >= 0.3 is 0 Å². The summed E-state index contributed by atoms with van der Waals surface area (Å²) in [6.07, 6.45) is 4.11. The van der Waals surface area contributed by atoms with Crippen LogP contribution in [-0.2, 0) is 12.8 Å². The van der Waals surface area contributed by atoms with E-state index in [1.165, 1.54) is 5.56 Å². The molecule has 0 spiro atoms. The third kappa shape index (κ3) is 4.06. The Labute approximate surface area is 176 Å². The van der Waals surface area contributed by atoms with Crippen LogP contribution >= 0.6 is 0 Å². The van der Waals surface area contributed by atoms with Crippen LogP contribution in [0.15, 0.2) is 48.8 Å². The van der Waals surface area contributed by atoms with E-state index in [9.17, 15) is 9.90 Å². The van der Waals surface area contributed by atoms with E-state index in [2.05, 4.69) is 27.9 Å². The molecule has 6 heteroatoms. The quantitative estimate of drug-likeness (QED) is 0.636. The van der Waals surface area contributed by atoms with Crippen LogP contribution in [0.4, 0.5) is 5.69 Å². The standard InChI is InChI=1S/C24H28N4O2/c1-3-16-4-5-17-6-7-20(27-21(17)10-16)23(29)11-18-12-26-9-8-22(18)28-13-15(2)24(30)19(25)14-28/h4-10,12,15,19,24,30H,3,11,13-14,25H2,1-2H3/t15-,19+,24+/m0/s1. The van der Waals surface area contributed by atoms with Crippen molar-refractivity contribution >= 4 is 22.4 Å². The van der Waals surface area contributed by atoms with E-state index in [1.807, 2.05) is 31.2 Å². The van der Waals surface area contributed by atoms with E-state index in [-0.39, 0.29) is 24.2 Å². The molecule has 6 nitrogen and oxygen atoms in total. The molecule has 1 fully saturated rings. The number of nitrogens with zero attached hydrogens (tertiary/aromatic N) is 3. The van der Waals surface area contributed by atoms with E-state index in [4.69, 9.17) is 5.73 Å². The van der Waals surface area contributed by atoms with Crippen molar-refractivity contribution in [2.75, 3.05) is 18.0 Å². The predicted molar refractivity (Wildman–Crippen MR) is 119 cm³/mol. The van der Waals surface area contributed by atoms with Gasteiger partial charge < -0.3 is 15.7 Å². The van der Waals surface area contributed by atoms with Gasteiger partial charge in [-0.05, 0) is 30.2 Å². The minimum Gasteiger partial charge on any atom is -0.391 e. The normalized spacial score (nSPS) is 21.7. The SMILES string of the molecule is CCc1ccc2ccc(C(=O)Cc3cnccc3N3C[C@@H](N)[C@H](O)[C@@H](C)C3)nc2c1. The smallest absolute Gasteiger partial charge is 0.185 e. The van der Waals surface area contributed by atoms with Gasteiger partial charge in [-0.15, -0.1) is 0 Å². The maximum atomic E-state index is 13.1. The Kier molecular flexibility index (Phi) is 5.79. The first-order chi connectivity index (χ1) is 14.5. The number of pyridine rings is 2. The van der Waals surface area contributed by atoms with E-state index in [0.29, 0.717) is 18.8 Å². The summed E-state index contributed by atoms with van der Waals surface area (Å²) < 4.78 is 0. The molecule has 156 valence electrons. The zero-order valence-electron chi connectivity index (χ0n) is 17.5. The molecule has 1 aromatic carbocycles. The maximum Gasteiger partial charge on any atom is 0.185 e. The molecule has 3 aromatic rings. The number of aliphatic hydroxyl groups is 1. The fourth-order valence-electron chi connectivity index (χ4n) is 4.18. The number of anilines is 1. The number of carbonyl (C=O) groups excluding carboxylic acids is 1. The van der Waals surface area contributed by atoms with Gasteiger partial charge in [-0.3, -0.25) is 9.78 Å². The van der Waals surface area contributed by atoms with Crippen LogP contribution in [0.5, 0.6) is 0 Å². The summed E-state index contributed by atoms with van der Waals surface area (Å²) in [7, 11) is 0. The van der Waals surface area contributed by atoms with E-state index >= 15 is 0 Å². The minimum atomic E-state index is -0.511. The van der Waals surface area contributed by atoms with Gasteiger partial charge in [0.15, 0.2) is 5.78 Å². The molecule has 0 saturated carbocycles. The Morgan fingerprint density at radius 1 is 1.23 bits per heavy atom. The predicted octanol–water partition coefficient (Wildman–Crippen LogP) is 2.76. The number of benzene rings is 1. The molecule has 0 unspecified atom stereocenters. The summed E-state index contributed by atoms with van der Waals surface area (Å²) in [6, 6.07) is 11.5. The van der Waals surface area contributed by atoms with Crippen LogP contribution in [0.3, 0.4) is 0 Å². The molecule has 0 radical (unpaired) electrons. The Bertz CT molecular complexity index is 1060. The first-order valence-electron chi connectivity index (χ1n) is 10.5. The van der Waals surface area contributed by atoms with Crippen LogP contribution in [0.1, 0.15) is 35.5 Å². The summed E-state index contributed by atoms with van der Waals surface area (Å²) >= 11 is 0. The molecule has 1 aliphatic rings. The fraction of sp³-hybridized carbons (Fsp3) is 0.375. The molecule has 2 aromatic heterocycles. The highest BCUT2D eigenvalue weighted by Crippen LogP contribution is 2.27. The lowest BCUT2D eigenvalue weighted by atomic mass is 9.92. The zero-order valence-corrected chi connectivity index (χ0v) is 17.5. The van der Waals surface area contributed by atoms with Gasteiger partial charge in [-0.1, -0.05) is 32.0 Å². The summed E-state index contributed by atoms with van der Waals surface area (Å²) in [5.41, 5.74) is 10.4. The number of Topliss-reactive ketones (excluding diaryl/α,β-unsaturated/α-hetero) is 1. The number of rotatable bonds is 5. The van der Waals surface area contributed by atoms with Gasteiger partial charge in [-0.25, -0.2) is 4.98 Å².